The molecule has 0 bridgehead atoms. The number of anilines is 1. The number of benzene rings is 2. The van der Waals surface area contributed by atoms with E-state index in [0.717, 1.165) is 15.3 Å². The molecule has 1 N–H and O–H groups in total. The van der Waals surface area contributed by atoms with Crippen molar-refractivity contribution < 1.29 is 14.0 Å². The van der Waals surface area contributed by atoms with Gasteiger partial charge in [-0.1, -0.05) is 36.7 Å². The molecular formula is C26H29ClFN3O2S. The molecule has 0 aliphatic rings. The lowest BCUT2D eigenvalue weighted by molar-refractivity contribution is -0.133. The largest absolute Gasteiger partial charge is 0.332 e. The van der Waals surface area contributed by atoms with E-state index in [1.54, 1.807) is 57.5 Å². The number of rotatable bonds is 9. The van der Waals surface area contributed by atoms with Gasteiger partial charge < -0.3 is 15.1 Å². The average molecular weight is 502 g/mol. The molecule has 0 aliphatic heterocycles. The van der Waals surface area contributed by atoms with Gasteiger partial charge in [-0.2, -0.15) is 0 Å². The van der Waals surface area contributed by atoms with Gasteiger partial charge in [0.05, 0.1) is 6.54 Å². The number of thiophene rings is 1. The highest BCUT2D eigenvalue weighted by atomic mass is 35.5. The standard InChI is InChI=1S/C26H29ClFN3O2S/c1-4-18(2)31(26(33)29-23-7-5-6-21(27)14-23)17-25(32)30(16-24-13-8-19(3)34-24)15-20-9-11-22(28)12-10-20/h5-14,18H,4,15-17H2,1-3H3,(H,29,33). The Hall–Kier alpha value is -2.90. The molecule has 0 saturated carbocycles. The van der Waals surface area contributed by atoms with Gasteiger partial charge in [0, 0.05) is 33.1 Å². The van der Waals surface area contributed by atoms with Crippen molar-refractivity contribution in [2.45, 2.75) is 46.3 Å². The highest BCUT2D eigenvalue weighted by Gasteiger charge is 2.25. The molecule has 3 amide bonds. The quantitative estimate of drug-likeness (QED) is 0.354. The summed E-state index contributed by atoms with van der Waals surface area (Å²) in [6, 6.07) is 16.5. The van der Waals surface area contributed by atoms with E-state index in [0.29, 0.717) is 30.2 Å². The summed E-state index contributed by atoms with van der Waals surface area (Å²) in [5.74, 6) is -0.506. The van der Waals surface area contributed by atoms with E-state index < -0.39 is 0 Å². The van der Waals surface area contributed by atoms with E-state index in [1.165, 1.54) is 12.1 Å². The number of nitrogens with one attached hydrogen (secondary N) is 1. The molecule has 0 fully saturated rings. The number of carbonyl (C=O) groups excluding carboxylic acids is 2. The Morgan fingerprint density at radius 3 is 2.44 bits per heavy atom. The summed E-state index contributed by atoms with van der Waals surface area (Å²) in [5.41, 5.74) is 1.39. The van der Waals surface area contributed by atoms with Crippen LogP contribution in [0.2, 0.25) is 5.02 Å². The van der Waals surface area contributed by atoms with Crippen LogP contribution in [0.4, 0.5) is 14.9 Å². The van der Waals surface area contributed by atoms with E-state index in [1.807, 2.05) is 32.9 Å². The van der Waals surface area contributed by atoms with Crippen molar-refractivity contribution in [3.05, 3.63) is 86.8 Å². The number of urea groups is 1. The van der Waals surface area contributed by atoms with Crippen molar-refractivity contribution >= 4 is 40.6 Å². The molecule has 1 atom stereocenters. The molecule has 1 aromatic heterocycles. The summed E-state index contributed by atoms with van der Waals surface area (Å²) in [5, 5.41) is 3.36. The number of nitrogens with zero attached hydrogens (tertiary/aromatic N) is 2. The molecule has 0 saturated heterocycles. The number of amides is 3. The Bertz CT molecular complexity index is 1120. The van der Waals surface area contributed by atoms with Gasteiger partial charge in [-0.05, 0) is 68.3 Å². The minimum Gasteiger partial charge on any atom is -0.332 e. The van der Waals surface area contributed by atoms with Crippen LogP contribution in [-0.4, -0.2) is 34.3 Å². The Kier molecular flexibility index (Phi) is 9.07. The summed E-state index contributed by atoms with van der Waals surface area (Å²) in [6.45, 7) is 6.56. The third kappa shape index (κ3) is 7.30. The van der Waals surface area contributed by atoms with E-state index in [-0.39, 0.29) is 30.3 Å². The second-order valence-electron chi connectivity index (χ2n) is 8.21. The van der Waals surface area contributed by atoms with E-state index in [4.69, 9.17) is 11.6 Å². The van der Waals surface area contributed by atoms with E-state index in [2.05, 4.69) is 5.32 Å². The first-order chi connectivity index (χ1) is 16.2. The van der Waals surface area contributed by atoms with Gasteiger partial charge in [0.15, 0.2) is 0 Å². The third-order valence-corrected chi connectivity index (χ3v) is 6.77. The predicted octanol–water partition coefficient (Wildman–Crippen LogP) is 6.71. The molecule has 0 radical (unpaired) electrons. The summed E-state index contributed by atoms with van der Waals surface area (Å²) in [7, 11) is 0. The summed E-state index contributed by atoms with van der Waals surface area (Å²) >= 11 is 7.67. The highest BCUT2D eigenvalue weighted by molar-refractivity contribution is 7.11. The molecule has 1 heterocycles. The van der Waals surface area contributed by atoms with Crippen molar-refractivity contribution in [2.24, 2.45) is 0 Å². The fourth-order valence-electron chi connectivity index (χ4n) is 3.46. The molecule has 0 spiro atoms. The van der Waals surface area contributed by atoms with Crippen LogP contribution in [0.1, 0.15) is 35.6 Å². The Morgan fingerprint density at radius 1 is 1.09 bits per heavy atom. The maximum absolute atomic E-state index is 13.5. The van der Waals surface area contributed by atoms with Gasteiger partial charge in [0.1, 0.15) is 12.4 Å². The Labute approximate surface area is 209 Å². The average Bonchev–Trinajstić information content (AvgIpc) is 3.22. The van der Waals surface area contributed by atoms with Crippen LogP contribution in [0.5, 0.6) is 0 Å². The Balaban J connectivity index is 1.79. The van der Waals surface area contributed by atoms with Crippen molar-refractivity contribution in [1.29, 1.82) is 0 Å². The van der Waals surface area contributed by atoms with Gasteiger partial charge in [-0.25, -0.2) is 9.18 Å². The maximum atomic E-state index is 13.5. The minimum atomic E-state index is -0.362. The monoisotopic (exact) mass is 501 g/mol. The topological polar surface area (TPSA) is 52.7 Å². The van der Waals surface area contributed by atoms with Crippen molar-refractivity contribution in [3.63, 3.8) is 0 Å². The number of hydrogen-bond acceptors (Lipinski definition) is 3. The summed E-state index contributed by atoms with van der Waals surface area (Å²) in [6.07, 6.45) is 0.693. The molecule has 3 aromatic rings. The van der Waals surface area contributed by atoms with Crippen LogP contribution >= 0.6 is 22.9 Å². The van der Waals surface area contributed by atoms with Gasteiger partial charge in [-0.3, -0.25) is 4.79 Å². The molecule has 0 aliphatic carbocycles. The summed E-state index contributed by atoms with van der Waals surface area (Å²) in [4.78, 5) is 32.0. The van der Waals surface area contributed by atoms with Crippen LogP contribution in [-0.2, 0) is 17.9 Å². The van der Waals surface area contributed by atoms with Gasteiger partial charge in [-0.15, -0.1) is 11.3 Å². The smallest absolute Gasteiger partial charge is 0.322 e. The fraction of sp³-hybridized carbons (Fsp3) is 0.308. The zero-order chi connectivity index (χ0) is 24.7. The fourth-order valence-corrected chi connectivity index (χ4v) is 4.55. The zero-order valence-electron chi connectivity index (χ0n) is 19.6. The molecular weight excluding hydrogens is 473 g/mol. The predicted molar refractivity (Wildman–Crippen MR) is 137 cm³/mol. The first kappa shape index (κ1) is 25.7. The van der Waals surface area contributed by atoms with Gasteiger partial charge in [0.2, 0.25) is 5.91 Å². The zero-order valence-corrected chi connectivity index (χ0v) is 21.1. The van der Waals surface area contributed by atoms with Crippen molar-refractivity contribution in [2.75, 3.05) is 11.9 Å². The number of carbonyl (C=O) groups is 2. The lowest BCUT2D eigenvalue weighted by Crippen LogP contribution is -2.47. The lowest BCUT2D eigenvalue weighted by Gasteiger charge is -2.31. The number of aryl methyl sites for hydroxylation is 1. The van der Waals surface area contributed by atoms with Crippen molar-refractivity contribution in [3.8, 4) is 0 Å². The SMILES string of the molecule is CCC(C)N(CC(=O)N(Cc1ccc(F)cc1)Cc1ccc(C)s1)C(=O)Nc1cccc(Cl)c1. The molecule has 34 heavy (non-hydrogen) atoms. The van der Waals surface area contributed by atoms with Crippen LogP contribution in [0.25, 0.3) is 0 Å². The van der Waals surface area contributed by atoms with Crippen LogP contribution < -0.4 is 5.32 Å². The van der Waals surface area contributed by atoms with Gasteiger partial charge in [0.25, 0.3) is 0 Å². The molecule has 3 rings (SSSR count). The van der Waals surface area contributed by atoms with E-state index >= 15 is 0 Å². The van der Waals surface area contributed by atoms with E-state index in [9.17, 15) is 14.0 Å². The van der Waals surface area contributed by atoms with Crippen LogP contribution in [0, 0.1) is 12.7 Å². The Morgan fingerprint density at radius 2 is 1.82 bits per heavy atom. The molecule has 2 aromatic carbocycles. The lowest BCUT2D eigenvalue weighted by atomic mass is 10.2. The van der Waals surface area contributed by atoms with Crippen molar-refractivity contribution in [1.82, 2.24) is 9.80 Å². The third-order valence-electron chi connectivity index (χ3n) is 5.55. The normalized spacial score (nSPS) is 11.7. The number of hydrogen-bond donors (Lipinski definition) is 1. The van der Waals surface area contributed by atoms with Crippen LogP contribution in [0.3, 0.4) is 0 Å². The van der Waals surface area contributed by atoms with Crippen LogP contribution in [0.15, 0.2) is 60.7 Å². The van der Waals surface area contributed by atoms with Gasteiger partial charge >= 0.3 is 6.03 Å². The second-order valence-corrected chi connectivity index (χ2v) is 10.0. The second kappa shape index (κ2) is 12.0. The minimum absolute atomic E-state index is 0.0764. The maximum Gasteiger partial charge on any atom is 0.322 e. The number of halogens is 2. The summed E-state index contributed by atoms with van der Waals surface area (Å²) < 4.78 is 13.4. The first-order valence-electron chi connectivity index (χ1n) is 11.2. The first-order valence-corrected chi connectivity index (χ1v) is 12.3. The highest BCUT2D eigenvalue weighted by Crippen LogP contribution is 2.20. The molecule has 8 heteroatoms. The molecule has 1 unspecified atom stereocenters. The molecule has 180 valence electrons. The molecule has 5 nitrogen and oxygen atoms in total.